The van der Waals surface area contributed by atoms with E-state index in [-0.39, 0.29) is 11.9 Å². The van der Waals surface area contributed by atoms with Crippen molar-refractivity contribution in [2.24, 2.45) is 0 Å². The van der Waals surface area contributed by atoms with E-state index < -0.39 is 17.7 Å². The highest BCUT2D eigenvalue weighted by Gasteiger charge is 2.30. The first-order valence-corrected chi connectivity index (χ1v) is 12.1. The van der Waals surface area contributed by atoms with Gasteiger partial charge in [0.25, 0.3) is 0 Å². The Morgan fingerprint density at radius 2 is 1.80 bits per heavy atom. The first-order chi connectivity index (χ1) is 16.8. The third-order valence-corrected chi connectivity index (χ3v) is 6.84. The molecule has 1 N–H and O–H groups in total. The van der Waals surface area contributed by atoms with Crippen molar-refractivity contribution < 1.29 is 27.5 Å². The van der Waals surface area contributed by atoms with Gasteiger partial charge in [-0.25, -0.2) is 14.6 Å². The van der Waals surface area contributed by atoms with E-state index in [2.05, 4.69) is 10.3 Å². The van der Waals surface area contributed by atoms with Gasteiger partial charge in [-0.2, -0.15) is 13.2 Å². The number of amides is 2. The molecule has 3 aromatic rings. The molecule has 1 aliphatic rings. The largest absolute Gasteiger partial charge is 0.461 e. The van der Waals surface area contributed by atoms with E-state index in [9.17, 15) is 22.8 Å². The zero-order chi connectivity index (χ0) is 25.0. The predicted molar refractivity (Wildman–Crippen MR) is 128 cm³/mol. The van der Waals surface area contributed by atoms with Crippen LogP contribution in [0.1, 0.15) is 46.7 Å². The van der Waals surface area contributed by atoms with Crippen molar-refractivity contribution >= 4 is 29.0 Å². The van der Waals surface area contributed by atoms with Gasteiger partial charge < -0.3 is 15.0 Å². The second-order valence-electron chi connectivity index (χ2n) is 8.10. The highest BCUT2D eigenvalue weighted by molar-refractivity contribution is 7.09. The monoisotopic (exact) mass is 503 g/mol. The van der Waals surface area contributed by atoms with Gasteiger partial charge in [0.15, 0.2) is 5.69 Å². The molecule has 2 amide bonds. The topological polar surface area (TPSA) is 71.5 Å². The number of ether oxygens (including phenoxy) is 1. The third kappa shape index (κ3) is 5.82. The molecule has 1 saturated heterocycles. The fourth-order valence-electron chi connectivity index (χ4n) is 3.98. The number of thiazole rings is 1. The molecule has 0 aliphatic carbocycles. The van der Waals surface area contributed by atoms with E-state index in [1.54, 1.807) is 41.5 Å². The molecule has 2 aromatic carbocycles. The molecule has 2 heterocycles. The number of urea groups is 1. The van der Waals surface area contributed by atoms with Crippen LogP contribution < -0.4 is 5.32 Å². The van der Waals surface area contributed by atoms with E-state index in [1.807, 2.05) is 0 Å². The number of piperidine rings is 1. The van der Waals surface area contributed by atoms with Crippen LogP contribution in [0.3, 0.4) is 0 Å². The Kier molecular flexibility index (Phi) is 7.39. The lowest BCUT2D eigenvalue weighted by molar-refractivity contribution is -0.137. The van der Waals surface area contributed by atoms with Crippen LogP contribution in [0.15, 0.2) is 53.9 Å². The van der Waals surface area contributed by atoms with Gasteiger partial charge in [0.05, 0.1) is 22.9 Å². The van der Waals surface area contributed by atoms with Crippen molar-refractivity contribution in [2.45, 2.75) is 31.9 Å². The Morgan fingerprint density at radius 3 is 2.46 bits per heavy atom. The number of hydrogen-bond acceptors (Lipinski definition) is 5. The molecule has 1 fully saturated rings. The van der Waals surface area contributed by atoms with E-state index >= 15 is 0 Å². The summed E-state index contributed by atoms with van der Waals surface area (Å²) in [6.45, 7) is 3.08. The van der Waals surface area contributed by atoms with Crippen molar-refractivity contribution in [1.82, 2.24) is 9.88 Å². The Balaban J connectivity index is 1.39. The number of aromatic nitrogens is 1. The molecule has 0 saturated carbocycles. The molecule has 0 atom stereocenters. The van der Waals surface area contributed by atoms with Crippen LogP contribution in [-0.2, 0) is 10.9 Å². The van der Waals surface area contributed by atoms with Gasteiger partial charge in [-0.3, -0.25) is 0 Å². The Hall–Kier alpha value is -3.40. The molecule has 0 unspecified atom stereocenters. The van der Waals surface area contributed by atoms with Crippen molar-refractivity contribution in [3.05, 3.63) is 70.2 Å². The summed E-state index contributed by atoms with van der Waals surface area (Å²) < 4.78 is 43.7. The fourth-order valence-corrected chi connectivity index (χ4v) is 4.94. The maximum Gasteiger partial charge on any atom is 0.416 e. The smallest absolute Gasteiger partial charge is 0.416 e. The maximum atomic E-state index is 12.9. The van der Waals surface area contributed by atoms with Crippen LogP contribution in [0.5, 0.6) is 0 Å². The van der Waals surface area contributed by atoms with Crippen LogP contribution in [0.25, 0.3) is 11.1 Å². The lowest BCUT2D eigenvalue weighted by atomic mass is 9.98. The maximum absolute atomic E-state index is 12.9. The first-order valence-electron chi connectivity index (χ1n) is 11.2. The number of para-hydroxylation sites is 1. The minimum Gasteiger partial charge on any atom is -0.461 e. The van der Waals surface area contributed by atoms with Crippen molar-refractivity contribution in [2.75, 3.05) is 25.0 Å². The molecule has 10 heteroatoms. The summed E-state index contributed by atoms with van der Waals surface area (Å²) >= 11 is 1.42. The highest BCUT2D eigenvalue weighted by atomic mass is 32.1. The zero-order valence-electron chi connectivity index (χ0n) is 19.0. The van der Waals surface area contributed by atoms with Gasteiger partial charge in [0.1, 0.15) is 0 Å². The fraction of sp³-hybridized carbons (Fsp3) is 0.320. The second-order valence-corrected chi connectivity index (χ2v) is 8.99. The molecule has 4 rings (SSSR count). The summed E-state index contributed by atoms with van der Waals surface area (Å²) in [7, 11) is 0. The number of carbonyl (C=O) groups is 2. The van der Waals surface area contributed by atoms with Gasteiger partial charge in [0, 0.05) is 30.0 Å². The number of carbonyl (C=O) groups excluding carboxylic acids is 2. The summed E-state index contributed by atoms with van der Waals surface area (Å²) in [5.41, 5.74) is 1.33. The van der Waals surface area contributed by atoms with Crippen LogP contribution in [0.4, 0.5) is 23.7 Å². The number of nitrogens with one attached hydrogen (secondary N) is 1. The molecule has 1 aromatic heterocycles. The first kappa shape index (κ1) is 24.7. The number of nitrogens with zero attached hydrogens (tertiary/aromatic N) is 2. The number of halogens is 3. The van der Waals surface area contributed by atoms with Crippen LogP contribution in [-0.4, -0.2) is 41.6 Å². The average molecular weight is 504 g/mol. The highest BCUT2D eigenvalue weighted by Crippen LogP contribution is 2.34. The van der Waals surface area contributed by atoms with E-state index in [1.165, 1.54) is 23.5 Å². The molecule has 35 heavy (non-hydrogen) atoms. The van der Waals surface area contributed by atoms with Gasteiger partial charge in [-0.15, -0.1) is 11.3 Å². The molecule has 6 nitrogen and oxygen atoms in total. The number of esters is 1. The van der Waals surface area contributed by atoms with Gasteiger partial charge in [-0.1, -0.05) is 30.3 Å². The number of likely N-dealkylation sites (tertiary alicyclic amines) is 1. The lowest BCUT2D eigenvalue weighted by Gasteiger charge is -2.31. The van der Waals surface area contributed by atoms with Crippen LogP contribution in [0.2, 0.25) is 0 Å². The molecule has 1 aliphatic heterocycles. The predicted octanol–water partition coefficient (Wildman–Crippen LogP) is 6.42. The summed E-state index contributed by atoms with van der Waals surface area (Å²) in [5.74, 6) is -0.273. The Bertz CT molecular complexity index is 1190. The van der Waals surface area contributed by atoms with Crippen LogP contribution >= 0.6 is 11.3 Å². The standard InChI is InChI=1S/C25H24F3N3O3S/c1-2-34-23(32)21-15-35-22(29-21)17-11-13-31(14-12-17)24(33)30-20-6-4-3-5-19(20)16-7-9-18(10-8-16)25(26,27)28/h3-10,15,17H,2,11-14H2,1H3,(H,30,33). The molecule has 184 valence electrons. The number of hydrogen-bond donors (Lipinski definition) is 1. The summed E-state index contributed by atoms with van der Waals surface area (Å²) in [5, 5.41) is 5.46. The number of benzene rings is 2. The van der Waals surface area contributed by atoms with Crippen molar-refractivity contribution in [1.29, 1.82) is 0 Å². The van der Waals surface area contributed by atoms with Crippen molar-refractivity contribution in [3.8, 4) is 11.1 Å². The number of anilines is 1. The zero-order valence-corrected chi connectivity index (χ0v) is 19.8. The summed E-state index contributed by atoms with van der Waals surface area (Å²) in [6, 6.07) is 11.6. The second kappa shape index (κ2) is 10.5. The third-order valence-electron chi connectivity index (χ3n) is 5.83. The molecule has 0 bridgehead atoms. The number of rotatable bonds is 5. The quantitative estimate of drug-likeness (QED) is 0.408. The average Bonchev–Trinajstić information content (AvgIpc) is 3.35. The molecular weight excluding hydrogens is 479 g/mol. The molecule has 0 radical (unpaired) electrons. The minimum atomic E-state index is -4.41. The SMILES string of the molecule is CCOC(=O)c1csc(C2CCN(C(=O)Nc3ccccc3-c3ccc(C(F)(F)F)cc3)CC2)n1. The van der Waals surface area contributed by atoms with E-state index in [0.717, 1.165) is 17.1 Å². The Labute approximate surface area is 204 Å². The lowest BCUT2D eigenvalue weighted by Crippen LogP contribution is -2.40. The van der Waals surface area contributed by atoms with Gasteiger partial charge in [-0.05, 0) is 43.5 Å². The minimum absolute atomic E-state index is 0.159. The van der Waals surface area contributed by atoms with E-state index in [4.69, 9.17) is 4.74 Å². The Morgan fingerprint density at radius 1 is 1.11 bits per heavy atom. The summed E-state index contributed by atoms with van der Waals surface area (Å²) in [4.78, 5) is 30.9. The molecule has 0 spiro atoms. The van der Waals surface area contributed by atoms with E-state index in [0.29, 0.717) is 55.0 Å². The van der Waals surface area contributed by atoms with Crippen molar-refractivity contribution in [3.63, 3.8) is 0 Å². The van der Waals surface area contributed by atoms with Gasteiger partial charge >= 0.3 is 18.2 Å². The van der Waals surface area contributed by atoms with Gasteiger partial charge in [0.2, 0.25) is 0 Å². The normalized spacial score (nSPS) is 14.6. The molecular formula is C25H24F3N3O3S. The van der Waals surface area contributed by atoms with Crippen LogP contribution in [0, 0.1) is 0 Å². The number of alkyl halides is 3. The summed E-state index contributed by atoms with van der Waals surface area (Å²) in [6.07, 6.45) is -2.98.